The number of primary amides is 1. The molecule has 2 aliphatic rings. The first kappa shape index (κ1) is 13.8. The Balaban J connectivity index is 1.84. The second-order valence-electron chi connectivity index (χ2n) is 5.21. The van der Waals surface area contributed by atoms with E-state index in [1.54, 1.807) is 4.90 Å². The van der Waals surface area contributed by atoms with E-state index in [1.807, 2.05) is 4.90 Å². The number of carbonyl (C=O) groups excluding carboxylic acids is 2. The van der Waals surface area contributed by atoms with Gasteiger partial charge in [0.1, 0.15) is 0 Å². The summed E-state index contributed by atoms with van der Waals surface area (Å²) in [5.74, 6) is -2.16. The quantitative estimate of drug-likeness (QED) is 0.662. The number of hydrogen-bond acceptors (Lipinski definition) is 4. The van der Waals surface area contributed by atoms with E-state index in [0.717, 1.165) is 13.0 Å². The SMILES string of the molecule is NC(=O)CN1CCCN(C(=O)[C@@H]2C[C@@H]2C(=O)O)CC1. The second kappa shape index (κ2) is 5.56. The molecule has 0 bridgehead atoms. The Kier molecular flexibility index (Phi) is 4.04. The molecule has 0 aromatic carbocycles. The molecule has 1 saturated carbocycles. The monoisotopic (exact) mass is 269 g/mol. The normalized spacial score (nSPS) is 27.7. The Bertz CT molecular complexity index is 398. The highest BCUT2D eigenvalue weighted by molar-refractivity contribution is 5.89. The summed E-state index contributed by atoms with van der Waals surface area (Å²) in [6, 6.07) is 0. The third-order valence-electron chi connectivity index (χ3n) is 3.70. The van der Waals surface area contributed by atoms with Crippen molar-refractivity contribution in [3.63, 3.8) is 0 Å². The van der Waals surface area contributed by atoms with Gasteiger partial charge >= 0.3 is 5.97 Å². The fourth-order valence-electron chi connectivity index (χ4n) is 2.55. The summed E-state index contributed by atoms with van der Waals surface area (Å²) in [6.45, 7) is 2.72. The Labute approximate surface area is 111 Å². The Morgan fingerprint density at radius 1 is 1.11 bits per heavy atom. The lowest BCUT2D eigenvalue weighted by molar-refractivity contribution is -0.142. The van der Waals surface area contributed by atoms with Crippen molar-refractivity contribution in [3.8, 4) is 0 Å². The van der Waals surface area contributed by atoms with Crippen molar-refractivity contribution in [1.29, 1.82) is 0 Å². The van der Waals surface area contributed by atoms with Crippen LogP contribution in [0.3, 0.4) is 0 Å². The van der Waals surface area contributed by atoms with Gasteiger partial charge in [0, 0.05) is 26.2 Å². The minimum absolute atomic E-state index is 0.0617. The largest absolute Gasteiger partial charge is 0.481 e. The number of carbonyl (C=O) groups is 3. The molecule has 1 aliphatic heterocycles. The van der Waals surface area contributed by atoms with Crippen LogP contribution in [0.15, 0.2) is 0 Å². The average Bonchev–Trinajstić information content (AvgIpc) is 3.11. The van der Waals surface area contributed by atoms with Crippen LogP contribution in [0.1, 0.15) is 12.8 Å². The van der Waals surface area contributed by atoms with Crippen LogP contribution in [0.4, 0.5) is 0 Å². The zero-order valence-electron chi connectivity index (χ0n) is 10.7. The Morgan fingerprint density at radius 3 is 2.42 bits per heavy atom. The van der Waals surface area contributed by atoms with Crippen LogP contribution >= 0.6 is 0 Å². The van der Waals surface area contributed by atoms with Crippen LogP contribution in [0.25, 0.3) is 0 Å². The molecule has 2 fully saturated rings. The van der Waals surface area contributed by atoms with Crippen molar-refractivity contribution in [1.82, 2.24) is 9.80 Å². The van der Waals surface area contributed by atoms with Crippen LogP contribution in [0.5, 0.6) is 0 Å². The Morgan fingerprint density at radius 2 is 1.84 bits per heavy atom. The molecule has 7 heteroatoms. The molecule has 0 aromatic rings. The maximum absolute atomic E-state index is 12.1. The number of nitrogens with two attached hydrogens (primary N) is 1. The van der Waals surface area contributed by atoms with Crippen molar-refractivity contribution in [2.45, 2.75) is 12.8 Å². The fourth-order valence-corrected chi connectivity index (χ4v) is 2.55. The van der Waals surface area contributed by atoms with Gasteiger partial charge in [-0.25, -0.2) is 0 Å². The molecule has 0 radical (unpaired) electrons. The van der Waals surface area contributed by atoms with Gasteiger partial charge in [-0.3, -0.25) is 19.3 Å². The van der Waals surface area contributed by atoms with Gasteiger partial charge in [-0.15, -0.1) is 0 Å². The molecule has 1 aliphatic carbocycles. The summed E-state index contributed by atoms with van der Waals surface area (Å²) in [4.78, 5) is 37.4. The van der Waals surface area contributed by atoms with Crippen LogP contribution < -0.4 is 5.73 Å². The van der Waals surface area contributed by atoms with Gasteiger partial charge in [-0.1, -0.05) is 0 Å². The third-order valence-corrected chi connectivity index (χ3v) is 3.70. The van der Waals surface area contributed by atoms with E-state index >= 15 is 0 Å². The highest BCUT2D eigenvalue weighted by Gasteiger charge is 2.49. The maximum atomic E-state index is 12.1. The summed E-state index contributed by atoms with van der Waals surface area (Å²) in [5, 5.41) is 8.84. The fraction of sp³-hybridized carbons (Fsp3) is 0.750. The van der Waals surface area contributed by atoms with Crippen LogP contribution in [-0.2, 0) is 14.4 Å². The van der Waals surface area contributed by atoms with Gasteiger partial charge in [0.2, 0.25) is 11.8 Å². The highest BCUT2D eigenvalue weighted by Crippen LogP contribution is 2.40. The number of nitrogens with zero attached hydrogens (tertiary/aromatic N) is 2. The van der Waals surface area contributed by atoms with Gasteiger partial charge in [0.25, 0.3) is 0 Å². The van der Waals surface area contributed by atoms with Gasteiger partial charge in [0.15, 0.2) is 0 Å². The Hall–Kier alpha value is -1.63. The molecule has 19 heavy (non-hydrogen) atoms. The van der Waals surface area contributed by atoms with Crippen molar-refractivity contribution in [3.05, 3.63) is 0 Å². The standard InChI is InChI=1S/C12H19N3O4/c13-10(16)7-14-2-1-3-15(5-4-14)11(17)8-6-9(8)12(18)19/h8-9H,1-7H2,(H2,13,16)(H,18,19)/t8-,9+/m1/s1. The molecule has 2 amide bonds. The van der Waals surface area contributed by atoms with E-state index in [9.17, 15) is 14.4 Å². The van der Waals surface area contributed by atoms with Crippen LogP contribution in [0.2, 0.25) is 0 Å². The number of aliphatic carboxylic acids is 1. The molecule has 1 saturated heterocycles. The predicted octanol–water partition coefficient (Wildman–Crippen LogP) is -1.27. The zero-order valence-corrected chi connectivity index (χ0v) is 10.7. The van der Waals surface area contributed by atoms with E-state index < -0.39 is 11.9 Å². The van der Waals surface area contributed by atoms with Crippen LogP contribution in [0, 0.1) is 11.8 Å². The van der Waals surface area contributed by atoms with Gasteiger partial charge in [-0.05, 0) is 12.8 Å². The molecule has 106 valence electrons. The molecule has 0 aromatic heterocycles. The number of rotatable bonds is 4. The van der Waals surface area contributed by atoms with E-state index in [4.69, 9.17) is 10.8 Å². The van der Waals surface area contributed by atoms with Crippen LogP contribution in [-0.4, -0.2) is 65.4 Å². The lowest BCUT2D eigenvalue weighted by atomic mass is 10.2. The smallest absolute Gasteiger partial charge is 0.307 e. The van der Waals surface area contributed by atoms with E-state index in [2.05, 4.69) is 0 Å². The van der Waals surface area contributed by atoms with E-state index in [-0.39, 0.29) is 24.3 Å². The van der Waals surface area contributed by atoms with Gasteiger partial charge < -0.3 is 15.7 Å². The number of carboxylic acids is 1. The third kappa shape index (κ3) is 3.44. The van der Waals surface area contributed by atoms with Crippen molar-refractivity contribution in [2.75, 3.05) is 32.7 Å². The molecule has 0 unspecified atom stereocenters. The van der Waals surface area contributed by atoms with Gasteiger partial charge in [0.05, 0.1) is 18.4 Å². The highest BCUT2D eigenvalue weighted by atomic mass is 16.4. The number of hydrogen-bond donors (Lipinski definition) is 2. The lowest BCUT2D eigenvalue weighted by Gasteiger charge is -2.21. The summed E-state index contributed by atoms with van der Waals surface area (Å²) < 4.78 is 0. The zero-order chi connectivity index (χ0) is 14.0. The summed E-state index contributed by atoms with van der Waals surface area (Å²) in [5.41, 5.74) is 5.15. The summed E-state index contributed by atoms with van der Waals surface area (Å²) in [6.07, 6.45) is 1.24. The van der Waals surface area contributed by atoms with Crippen molar-refractivity contribution < 1.29 is 19.5 Å². The molecule has 2 rings (SSSR count). The number of carboxylic acid groups (broad SMARTS) is 1. The topological polar surface area (TPSA) is 104 Å². The first-order chi connectivity index (χ1) is 8.99. The van der Waals surface area contributed by atoms with Crippen molar-refractivity contribution >= 4 is 17.8 Å². The van der Waals surface area contributed by atoms with E-state index in [0.29, 0.717) is 26.1 Å². The summed E-state index contributed by atoms with van der Waals surface area (Å²) in [7, 11) is 0. The molecule has 1 heterocycles. The minimum atomic E-state index is -0.886. The molecular weight excluding hydrogens is 250 g/mol. The number of amides is 2. The first-order valence-electron chi connectivity index (χ1n) is 6.51. The lowest BCUT2D eigenvalue weighted by Crippen LogP contribution is -2.39. The van der Waals surface area contributed by atoms with Gasteiger partial charge in [-0.2, -0.15) is 0 Å². The molecule has 0 spiro atoms. The molecule has 3 N–H and O–H groups in total. The molecule has 2 atom stereocenters. The second-order valence-corrected chi connectivity index (χ2v) is 5.21. The van der Waals surface area contributed by atoms with Crippen molar-refractivity contribution in [2.24, 2.45) is 17.6 Å². The predicted molar refractivity (Wildman–Crippen MR) is 66.1 cm³/mol. The molecular formula is C12H19N3O4. The summed E-state index contributed by atoms with van der Waals surface area (Å²) >= 11 is 0. The molecule has 7 nitrogen and oxygen atoms in total. The first-order valence-corrected chi connectivity index (χ1v) is 6.51. The van der Waals surface area contributed by atoms with E-state index in [1.165, 1.54) is 0 Å². The average molecular weight is 269 g/mol. The minimum Gasteiger partial charge on any atom is -0.481 e. The maximum Gasteiger partial charge on any atom is 0.307 e.